The Labute approximate surface area is 145 Å². The number of benzene rings is 1. The van der Waals surface area contributed by atoms with E-state index >= 15 is 0 Å². The first-order valence-corrected chi connectivity index (χ1v) is 8.46. The van der Waals surface area contributed by atoms with Crippen molar-refractivity contribution >= 4 is 23.2 Å². The number of nitrogens with zero attached hydrogens (tertiary/aromatic N) is 6. The SMILES string of the molecule is Cc1cc(N2CCN(Cc3ccc(Cl)cc3)CC2)n2ncnc2n1. The molecule has 7 heteroatoms. The molecule has 0 bridgehead atoms. The molecule has 1 saturated heterocycles. The van der Waals surface area contributed by atoms with Gasteiger partial charge in [0.1, 0.15) is 12.1 Å². The monoisotopic (exact) mass is 342 g/mol. The Morgan fingerprint density at radius 1 is 1.08 bits per heavy atom. The Balaban J connectivity index is 1.45. The molecule has 0 atom stereocenters. The predicted octanol–water partition coefficient (Wildman–Crippen LogP) is 2.41. The van der Waals surface area contributed by atoms with Gasteiger partial charge in [-0.2, -0.15) is 14.6 Å². The summed E-state index contributed by atoms with van der Waals surface area (Å²) in [6.07, 6.45) is 1.56. The summed E-state index contributed by atoms with van der Waals surface area (Å²) in [7, 11) is 0. The lowest BCUT2D eigenvalue weighted by Crippen LogP contribution is -2.46. The number of piperazine rings is 1. The third kappa shape index (κ3) is 3.07. The standard InChI is InChI=1S/C17H19ClN6/c1-13-10-16(24-17(21-13)19-12-20-24)23-8-6-22(7-9-23)11-14-2-4-15(18)5-3-14/h2-5,10,12H,6-9,11H2,1H3. The second-order valence-electron chi connectivity index (χ2n) is 6.12. The summed E-state index contributed by atoms with van der Waals surface area (Å²) in [5.41, 5.74) is 2.26. The number of rotatable bonds is 3. The highest BCUT2D eigenvalue weighted by Gasteiger charge is 2.20. The quantitative estimate of drug-likeness (QED) is 0.731. The molecule has 1 aliphatic heterocycles. The van der Waals surface area contributed by atoms with Gasteiger partial charge in [0.15, 0.2) is 0 Å². The van der Waals surface area contributed by atoms with Gasteiger partial charge in [-0.15, -0.1) is 0 Å². The zero-order valence-corrected chi connectivity index (χ0v) is 14.3. The van der Waals surface area contributed by atoms with Crippen molar-refractivity contribution in [2.75, 3.05) is 31.1 Å². The molecule has 3 heterocycles. The summed E-state index contributed by atoms with van der Waals surface area (Å²) in [4.78, 5) is 13.4. The van der Waals surface area contributed by atoms with Crippen LogP contribution in [-0.2, 0) is 6.54 Å². The lowest BCUT2D eigenvalue weighted by atomic mass is 10.2. The molecule has 0 spiro atoms. The fourth-order valence-electron chi connectivity index (χ4n) is 3.12. The van der Waals surface area contributed by atoms with Gasteiger partial charge in [-0.3, -0.25) is 4.90 Å². The van der Waals surface area contributed by atoms with Gasteiger partial charge < -0.3 is 4.90 Å². The van der Waals surface area contributed by atoms with Crippen LogP contribution in [0.2, 0.25) is 5.02 Å². The van der Waals surface area contributed by atoms with E-state index < -0.39 is 0 Å². The molecule has 2 aromatic heterocycles. The molecule has 0 aliphatic carbocycles. The zero-order chi connectivity index (χ0) is 16.5. The molecule has 0 amide bonds. The number of aromatic nitrogens is 4. The van der Waals surface area contributed by atoms with Crippen molar-refractivity contribution in [3.63, 3.8) is 0 Å². The van der Waals surface area contributed by atoms with E-state index in [1.807, 2.05) is 23.6 Å². The van der Waals surface area contributed by atoms with Crippen LogP contribution < -0.4 is 4.90 Å². The molecular formula is C17H19ClN6. The normalized spacial score (nSPS) is 16.0. The van der Waals surface area contributed by atoms with Crippen LogP contribution in [0.15, 0.2) is 36.7 Å². The van der Waals surface area contributed by atoms with Crippen molar-refractivity contribution in [3.8, 4) is 0 Å². The van der Waals surface area contributed by atoms with Crippen molar-refractivity contribution in [1.82, 2.24) is 24.5 Å². The molecular weight excluding hydrogens is 324 g/mol. The van der Waals surface area contributed by atoms with Crippen molar-refractivity contribution in [2.24, 2.45) is 0 Å². The van der Waals surface area contributed by atoms with Gasteiger partial charge in [-0.1, -0.05) is 23.7 Å². The minimum Gasteiger partial charge on any atom is -0.354 e. The fraction of sp³-hybridized carbons (Fsp3) is 0.353. The highest BCUT2D eigenvalue weighted by atomic mass is 35.5. The summed E-state index contributed by atoms with van der Waals surface area (Å²) in [6, 6.07) is 10.2. The molecule has 0 N–H and O–H groups in total. The maximum absolute atomic E-state index is 5.95. The first kappa shape index (κ1) is 15.4. The van der Waals surface area contributed by atoms with Crippen molar-refractivity contribution < 1.29 is 0 Å². The lowest BCUT2D eigenvalue weighted by Gasteiger charge is -2.36. The predicted molar refractivity (Wildman–Crippen MR) is 94.5 cm³/mol. The van der Waals surface area contributed by atoms with E-state index in [4.69, 9.17) is 11.6 Å². The summed E-state index contributed by atoms with van der Waals surface area (Å²) in [6.45, 7) is 6.91. The Morgan fingerprint density at radius 2 is 1.83 bits per heavy atom. The highest BCUT2D eigenvalue weighted by molar-refractivity contribution is 6.30. The molecule has 3 aromatic rings. The van der Waals surface area contributed by atoms with Gasteiger partial charge >= 0.3 is 0 Å². The van der Waals surface area contributed by atoms with Crippen LogP contribution >= 0.6 is 11.6 Å². The van der Waals surface area contributed by atoms with E-state index in [9.17, 15) is 0 Å². The average Bonchev–Trinajstić information content (AvgIpc) is 3.05. The van der Waals surface area contributed by atoms with E-state index in [1.54, 1.807) is 6.33 Å². The van der Waals surface area contributed by atoms with Crippen LogP contribution in [-0.4, -0.2) is 50.7 Å². The third-order valence-corrected chi connectivity index (χ3v) is 4.63. The minimum absolute atomic E-state index is 0.661. The first-order valence-electron chi connectivity index (χ1n) is 8.08. The zero-order valence-electron chi connectivity index (χ0n) is 13.6. The molecule has 1 aliphatic rings. The van der Waals surface area contributed by atoms with Crippen molar-refractivity contribution in [3.05, 3.63) is 52.9 Å². The molecule has 24 heavy (non-hydrogen) atoms. The van der Waals surface area contributed by atoms with Gasteiger partial charge in [0.05, 0.1) is 0 Å². The van der Waals surface area contributed by atoms with E-state index in [0.717, 1.165) is 49.3 Å². The Hall–Kier alpha value is -2.18. The number of anilines is 1. The molecule has 1 fully saturated rings. The Bertz CT molecular complexity index is 836. The van der Waals surface area contributed by atoms with Crippen molar-refractivity contribution in [2.45, 2.75) is 13.5 Å². The second kappa shape index (κ2) is 6.37. The van der Waals surface area contributed by atoms with Gasteiger partial charge in [0, 0.05) is 49.5 Å². The van der Waals surface area contributed by atoms with E-state index in [0.29, 0.717) is 5.78 Å². The van der Waals surface area contributed by atoms with Crippen LogP contribution in [0, 0.1) is 6.92 Å². The topological polar surface area (TPSA) is 49.6 Å². The summed E-state index contributed by atoms with van der Waals surface area (Å²) in [5, 5.41) is 5.09. The van der Waals surface area contributed by atoms with Crippen LogP contribution in [0.3, 0.4) is 0 Å². The van der Waals surface area contributed by atoms with Crippen LogP contribution in [0.5, 0.6) is 0 Å². The fourth-order valence-corrected chi connectivity index (χ4v) is 3.25. The minimum atomic E-state index is 0.661. The van der Waals surface area contributed by atoms with Crippen LogP contribution in [0.4, 0.5) is 5.82 Å². The highest BCUT2D eigenvalue weighted by Crippen LogP contribution is 2.19. The summed E-state index contributed by atoms with van der Waals surface area (Å²) < 4.78 is 1.82. The number of hydrogen-bond acceptors (Lipinski definition) is 5. The number of hydrogen-bond donors (Lipinski definition) is 0. The molecule has 4 rings (SSSR count). The van der Waals surface area contributed by atoms with Crippen LogP contribution in [0.25, 0.3) is 5.78 Å². The van der Waals surface area contributed by atoms with Gasteiger partial charge in [0.25, 0.3) is 5.78 Å². The van der Waals surface area contributed by atoms with Gasteiger partial charge in [0.2, 0.25) is 0 Å². The lowest BCUT2D eigenvalue weighted by molar-refractivity contribution is 0.249. The molecule has 6 nitrogen and oxygen atoms in total. The third-order valence-electron chi connectivity index (χ3n) is 4.38. The molecule has 0 unspecified atom stereocenters. The van der Waals surface area contributed by atoms with E-state index in [2.05, 4.69) is 43.1 Å². The maximum Gasteiger partial charge on any atom is 0.254 e. The number of halogens is 1. The number of fused-ring (bicyclic) bond motifs is 1. The van der Waals surface area contributed by atoms with Gasteiger partial charge in [-0.05, 0) is 24.6 Å². The molecule has 0 saturated carbocycles. The smallest absolute Gasteiger partial charge is 0.254 e. The van der Waals surface area contributed by atoms with Crippen molar-refractivity contribution in [1.29, 1.82) is 0 Å². The summed E-state index contributed by atoms with van der Waals surface area (Å²) >= 11 is 5.95. The number of aryl methyl sites for hydroxylation is 1. The van der Waals surface area contributed by atoms with E-state index in [-0.39, 0.29) is 0 Å². The maximum atomic E-state index is 5.95. The Morgan fingerprint density at radius 3 is 2.58 bits per heavy atom. The average molecular weight is 343 g/mol. The van der Waals surface area contributed by atoms with Crippen LogP contribution in [0.1, 0.15) is 11.3 Å². The van der Waals surface area contributed by atoms with E-state index in [1.165, 1.54) is 5.56 Å². The first-order chi connectivity index (χ1) is 11.7. The van der Waals surface area contributed by atoms with Gasteiger partial charge in [-0.25, -0.2) is 4.98 Å². The molecule has 1 aromatic carbocycles. The second-order valence-corrected chi connectivity index (χ2v) is 6.55. The molecule has 0 radical (unpaired) electrons. The Kier molecular flexibility index (Phi) is 4.08. The summed E-state index contributed by atoms with van der Waals surface area (Å²) in [5.74, 6) is 1.73. The largest absolute Gasteiger partial charge is 0.354 e. The molecule has 124 valence electrons.